The van der Waals surface area contributed by atoms with E-state index in [0.29, 0.717) is 6.54 Å². The summed E-state index contributed by atoms with van der Waals surface area (Å²) in [5.74, 6) is 0.721. The second-order valence-electron chi connectivity index (χ2n) is 6.98. The number of anilines is 1. The molecule has 4 rings (SSSR count). The Morgan fingerprint density at radius 3 is 2.90 bits per heavy atom. The molecule has 1 amide bonds. The Labute approximate surface area is 196 Å². The number of nitrogens with zero attached hydrogens (tertiary/aromatic N) is 3. The zero-order chi connectivity index (χ0) is 20.8. The number of aromatic nitrogens is 1. The highest BCUT2D eigenvalue weighted by atomic mass is 35.5. The third-order valence-electron chi connectivity index (χ3n) is 4.97. The molecule has 9 heteroatoms. The molecule has 0 bridgehead atoms. The molecule has 1 aliphatic rings. The van der Waals surface area contributed by atoms with Gasteiger partial charge in [0.05, 0.1) is 30.5 Å². The van der Waals surface area contributed by atoms with Gasteiger partial charge in [-0.05, 0) is 36.1 Å². The monoisotopic (exact) mass is 479 g/mol. The number of ether oxygens (including phenoxy) is 2. The van der Waals surface area contributed by atoms with Crippen molar-refractivity contribution >= 4 is 62.4 Å². The molecule has 0 atom stereocenters. The van der Waals surface area contributed by atoms with E-state index in [9.17, 15) is 4.79 Å². The lowest BCUT2D eigenvalue weighted by atomic mass is 10.3. The van der Waals surface area contributed by atoms with Gasteiger partial charge in [-0.25, -0.2) is 4.98 Å². The lowest BCUT2D eigenvalue weighted by molar-refractivity contribution is -0.114. The van der Waals surface area contributed by atoms with Gasteiger partial charge in [-0.2, -0.15) is 0 Å². The van der Waals surface area contributed by atoms with E-state index >= 15 is 0 Å². The maximum Gasteiger partial charge on any atom is 0.252 e. The molecule has 3 heterocycles. The quantitative estimate of drug-likeness (QED) is 0.443. The summed E-state index contributed by atoms with van der Waals surface area (Å²) in [7, 11) is 1.64. The largest absolute Gasteiger partial charge is 0.497 e. The van der Waals surface area contributed by atoms with E-state index < -0.39 is 0 Å². The summed E-state index contributed by atoms with van der Waals surface area (Å²) in [5, 5.41) is 2.73. The average molecular weight is 480 g/mol. The average Bonchev–Trinajstić information content (AvgIpc) is 3.44. The van der Waals surface area contributed by atoms with Crippen LogP contribution in [0.1, 0.15) is 11.3 Å². The van der Waals surface area contributed by atoms with Crippen molar-refractivity contribution in [2.24, 2.45) is 0 Å². The van der Waals surface area contributed by atoms with Crippen LogP contribution in [-0.2, 0) is 9.53 Å². The van der Waals surface area contributed by atoms with Crippen LogP contribution in [0.5, 0.6) is 5.75 Å². The molecule has 31 heavy (non-hydrogen) atoms. The van der Waals surface area contributed by atoms with Gasteiger partial charge in [-0.3, -0.25) is 14.6 Å². The van der Waals surface area contributed by atoms with Gasteiger partial charge < -0.3 is 9.47 Å². The van der Waals surface area contributed by atoms with Gasteiger partial charge in [-0.15, -0.1) is 23.7 Å². The SMILES string of the molecule is COc1ccc2sc(N(CCCN3CCOCC3)C(=O)/C=C/c3cccs3)nc2c1.Cl. The highest BCUT2D eigenvalue weighted by Gasteiger charge is 2.19. The Morgan fingerprint density at radius 1 is 1.32 bits per heavy atom. The number of thiazole rings is 1. The Hall–Kier alpha value is -1.97. The second-order valence-corrected chi connectivity index (χ2v) is 8.96. The second kappa shape index (κ2) is 11.6. The molecular weight excluding hydrogens is 454 g/mol. The summed E-state index contributed by atoms with van der Waals surface area (Å²) in [6.45, 7) is 5.04. The number of morpholine rings is 1. The van der Waals surface area contributed by atoms with E-state index in [1.54, 1.807) is 29.4 Å². The molecule has 1 aromatic carbocycles. The fourth-order valence-corrected chi connectivity index (χ4v) is 4.94. The minimum absolute atomic E-state index is 0. The lowest BCUT2D eigenvalue weighted by Gasteiger charge is -2.27. The molecule has 1 saturated heterocycles. The summed E-state index contributed by atoms with van der Waals surface area (Å²) in [6.07, 6.45) is 4.41. The van der Waals surface area contributed by atoms with Gasteiger partial charge in [-0.1, -0.05) is 17.4 Å². The highest BCUT2D eigenvalue weighted by Crippen LogP contribution is 2.31. The van der Waals surface area contributed by atoms with Gasteiger partial charge in [0, 0.05) is 43.2 Å². The van der Waals surface area contributed by atoms with Crippen LogP contribution in [0.4, 0.5) is 5.13 Å². The number of rotatable bonds is 8. The number of halogens is 1. The van der Waals surface area contributed by atoms with Crippen molar-refractivity contribution in [3.8, 4) is 5.75 Å². The predicted molar refractivity (Wildman–Crippen MR) is 131 cm³/mol. The summed E-state index contributed by atoms with van der Waals surface area (Å²) >= 11 is 3.15. The Kier molecular flexibility index (Phi) is 8.86. The molecule has 0 radical (unpaired) electrons. The van der Waals surface area contributed by atoms with Gasteiger partial charge in [0.25, 0.3) is 5.91 Å². The normalized spacial score (nSPS) is 14.6. The fraction of sp³-hybridized carbons (Fsp3) is 0.364. The molecule has 0 spiro atoms. The molecule has 2 aromatic heterocycles. The van der Waals surface area contributed by atoms with Gasteiger partial charge in [0.2, 0.25) is 0 Å². The number of methoxy groups -OCH3 is 1. The summed E-state index contributed by atoms with van der Waals surface area (Å²) in [4.78, 5) is 23.0. The van der Waals surface area contributed by atoms with Crippen LogP contribution in [0.25, 0.3) is 16.3 Å². The van der Waals surface area contributed by atoms with Crippen LogP contribution >= 0.6 is 35.1 Å². The Bertz CT molecular complexity index is 1000. The fourth-order valence-electron chi connectivity index (χ4n) is 3.34. The van der Waals surface area contributed by atoms with Crippen molar-refractivity contribution < 1.29 is 14.3 Å². The number of thiophene rings is 1. The van der Waals surface area contributed by atoms with Gasteiger partial charge in [0.15, 0.2) is 5.13 Å². The number of hydrogen-bond donors (Lipinski definition) is 0. The number of fused-ring (bicyclic) bond motifs is 1. The van der Waals surface area contributed by atoms with E-state index in [1.165, 1.54) is 11.3 Å². The number of hydrogen-bond acceptors (Lipinski definition) is 7. The molecule has 0 N–H and O–H groups in total. The molecule has 0 aliphatic carbocycles. The molecule has 166 valence electrons. The third kappa shape index (κ3) is 6.27. The minimum atomic E-state index is -0.0450. The minimum Gasteiger partial charge on any atom is -0.497 e. The zero-order valence-electron chi connectivity index (χ0n) is 17.4. The van der Waals surface area contributed by atoms with Crippen LogP contribution in [0.2, 0.25) is 0 Å². The third-order valence-corrected chi connectivity index (χ3v) is 6.87. The molecular formula is C22H26ClN3O3S2. The van der Waals surface area contributed by atoms with E-state index in [4.69, 9.17) is 14.5 Å². The summed E-state index contributed by atoms with van der Waals surface area (Å²) < 4.78 is 11.8. The van der Waals surface area contributed by atoms with E-state index in [0.717, 1.165) is 65.2 Å². The maximum absolute atomic E-state index is 13.1. The van der Waals surface area contributed by atoms with Gasteiger partial charge in [0.1, 0.15) is 5.75 Å². The number of carbonyl (C=O) groups excluding carboxylic acids is 1. The molecule has 6 nitrogen and oxygen atoms in total. The molecule has 1 aliphatic heterocycles. The molecule has 1 fully saturated rings. The van der Waals surface area contributed by atoms with E-state index in [2.05, 4.69) is 4.90 Å². The van der Waals surface area contributed by atoms with Crippen LogP contribution in [0, 0.1) is 0 Å². The first-order chi connectivity index (χ1) is 14.7. The highest BCUT2D eigenvalue weighted by molar-refractivity contribution is 7.22. The first-order valence-corrected chi connectivity index (χ1v) is 11.7. The summed E-state index contributed by atoms with van der Waals surface area (Å²) in [5.41, 5.74) is 0.850. The standard InChI is InChI=1S/C22H25N3O3S2.ClH/c1-27-17-5-7-20-19(16-17)23-22(30-20)25(10-3-9-24-11-13-28-14-12-24)21(26)8-6-18-4-2-15-29-18;/h2,4-8,15-16H,3,9-14H2,1H3;1H/b8-6+;. The van der Waals surface area contributed by atoms with Crippen molar-refractivity contribution in [2.45, 2.75) is 6.42 Å². The van der Waals surface area contributed by atoms with E-state index in [1.807, 2.05) is 41.8 Å². The number of carbonyl (C=O) groups is 1. The van der Waals surface area contributed by atoms with Crippen molar-refractivity contribution in [3.05, 3.63) is 46.7 Å². The maximum atomic E-state index is 13.1. The first kappa shape index (κ1) is 23.7. The van der Waals surface area contributed by atoms with Crippen molar-refractivity contribution in [3.63, 3.8) is 0 Å². The summed E-state index contributed by atoms with van der Waals surface area (Å²) in [6, 6.07) is 9.81. The predicted octanol–water partition coefficient (Wildman–Crippen LogP) is 4.56. The van der Waals surface area contributed by atoms with Crippen LogP contribution in [0.15, 0.2) is 41.8 Å². The van der Waals surface area contributed by atoms with Crippen molar-refractivity contribution in [1.29, 1.82) is 0 Å². The lowest BCUT2D eigenvalue weighted by Crippen LogP contribution is -2.39. The topological polar surface area (TPSA) is 54.9 Å². The number of benzene rings is 1. The smallest absolute Gasteiger partial charge is 0.252 e. The van der Waals surface area contributed by atoms with Crippen LogP contribution < -0.4 is 9.64 Å². The Morgan fingerprint density at radius 2 is 2.16 bits per heavy atom. The van der Waals surface area contributed by atoms with Crippen LogP contribution in [0.3, 0.4) is 0 Å². The van der Waals surface area contributed by atoms with Crippen molar-refractivity contribution in [1.82, 2.24) is 9.88 Å². The van der Waals surface area contributed by atoms with Crippen molar-refractivity contribution in [2.75, 3.05) is 51.4 Å². The Balaban J connectivity index is 0.00000272. The zero-order valence-corrected chi connectivity index (χ0v) is 19.8. The molecule has 0 saturated carbocycles. The number of amides is 1. The van der Waals surface area contributed by atoms with Gasteiger partial charge >= 0.3 is 0 Å². The molecule has 3 aromatic rings. The van der Waals surface area contributed by atoms with Crippen LogP contribution in [-0.4, -0.2) is 62.3 Å². The molecule has 0 unspecified atom stereocenters. The first-order valence-electron chi connectivity index (χ1n) is 10.0. The van der Waals surface area contributed by atoms with E-state index in [-0.39, 0.29) is 18.3 Å².